The average molecular weight is 158 g/mol. The molecule has 0 aromatic rings. The van der Waals surface area contributed by atoms with Gasteiger partial charge in [-0.3, -0.25) is 0 Å². The molecule has 1 unspecified atom stereocenters. The Balaban J connectivity index is 3.76. The summed E-state index contributed by atoms with van der Waals surface area (Å²) in [6.07, 6.45) is 2.68. The Morgan fingerprint density at radius 1 is 1.09 bits per heavy atom. The Morgan fingerprint density at radius 3 is 1.91 bits per heavy atom. The van der Waals surface area contributed by atoms with Crippen molar-refractivity contribution in [1.29, 1.82) is 0 Å². The summed E-state index contributed by atoms with van der Waals surface area (Å²) in [7, 11) is 0. The van der Waals surface area contributed by atoms with Crippen LogP contribution in [0.5, 0.6) is 0 Å². The van der Waals surface area contributed by atoms with E-state index in [0.717, 1.165) is 0 Å². The Bertz CT molecular complexity index is 91.5. The highest BCUT2D eigenvalue weighted by atomic mass is 15.2. The van der Waals surface area contributed by atoms with Crippen molar-refractivity contribution in [1.82, 2.24) is 0 Å². The van der Waals surface area contributed by atoms with E-state index in [1.165, 1.54) is 25.9 Å². The number of unbranched alkanes of at least 4 members (excludes halogenated alkanes) is 1. The fraction of sp³-hybridized carbons (Fsp3) is 1.00. The number of hydrogen-bond acceptors (Lipinski definition) is 0. The minimum Gasteiger partial charge on any atom is -0.331 e. The third-order valence-electron chi connectivity index (χ3n) is 2.32. The molecule has 1 N–H and O–H groups in total. The first kappa shape index (κ1) is 11.0. The molecule has 0 aliphatic rings. The second-order valence-corrected chi connectivity index (χ2v) is 4.31. The maximum absolute atomic E-state index is 2.32. The van der Waals surface area contributed by atoms with Gasteiger partial charge in [-0.05, 0) is 34.1 Å². The van der Waals surface area contributed by atoms with Crippen molar-refractivity contribution in [2.24, 2.45) is 0 Å². The van der Waals surface area contributed by atoms with Gasteiger partial charge in [0.15, 0.2) is 0 Å². The predicted molar refractivity (Wildman–Crippen MR) is 51.0 cm³/mol. The van der Waals surface area contributed by atoms with Crippen molar-refractivity contribution < 1.29 is 4.90 Å². The van der Waals surface area contributed by atoms with E-state index >= 15 is 0 Å². The Morgan fingerprint density at radius 2 is 1.64 bits per heavy atom. The smallest absolute Gasteiger partial charge is 0.0891 e. The first-order valence-electron chi connectivity index (χ1n) is 4.87. The van der Waals surface area contributed by atoms with Gasteiger partial charge >= 0.3 is 0 Å². The van der Waals surface area contributed by atoms with Gasteiger partial charge in [0, 0.05) is 0 Å². The van der Waals surface area contributed by atoms with Crippen molar-refractivity contribution in [3.05, 3.63) is 0 Å². The van der Waals surface area contributed by atoms with Gasteiger partial charge in [-0.25, -0.2) is 0 Å². The fourth-order valence-electron chi connectivity index (χ4n) is 1.47. The molecule has 1 atom stereocenters. The number of rotatable bonds is 4. The first-order valence-corrected chi connectivity index (χ1v) is 4.87. The molecular formula is C10H24N+. The summed E-state index contributed by atoms with van der Waals surface area (Å²) in [6.45, 7) is 14.1. The van der Waals surface area contributed by atoms with Crippen molar-refractivity contribution >= 4 is 0 Å². The summed E-state index contributed by atoms with van der Waals surface area (Å²) in [5, 5.41) is 0. The molecule has 0 saturated carbocycles. The summed E-state index contributed by atoms with van der Waals surface area (Å²) in [5.41, 5.74) is 0.434. The van der Waals surface area contributed by atoms with Gasteiger partial charge in [0.05, 0.1) is 18.6 Å². The largest absolute Gasteiger partial charge is 0.331 e. The van der Waals surface area contributed by atoms with Crippen molar-refractivity contribution in [3.8, 4) is 0 Å². The molecule has 0 rings (SSSR count). The standard InChI is InChI=1S/C10H23N/c1-6-8-9-11(7-2)10(3,4)5/h6-9H2,1-5H3/p+1. The summed E-state index contributed by atoms with van der Waals surface area (Å²) < 4.78 is 0. The van der Waals surface area contributed by atoms with Crippen LogP contribution in [0.15, 0.2) is 0 Å². The third-order valence-corrected chi connectivity index (χ3v) is 2.32. The van der Waals surface area contributed by atoms with Crippen LogP contribution >= 0.6 is 0 Å². The van der Waals surface area contributed by atoms with Gasteiger partial charge in [0.2, 0.25) is 0 Å². The molecule has 0 spiro atoms. The van der Waals surface area contributed by atoms with E-state index in [1.807, 2.05) is 0 Å². The second kappa shape index (κ2) is 4.76. The van der Waals surface area contributed by atoms with E-state index < -0.39 is 0 Å². The van der Waals surface area contributed by atoms with Crippen LogP contribution in [0.3, 0.4) is 0 Å². The van der Waals surface area contributed by atoms with E-state index in [9.17, 15) is 0 Å². The number of hydrogen-bond donors (Lipinski definition) is 1. The van der Waals surface area contributed by atoms with E-state index in [4.69, 9.17) is 0 Å². The molecule has 0 bridgehead atoms. The van der Waals surface area contributed by atoms with E-state index in [-0.39, 0.29) is 0 Å². The summed E-state index contributed by atoms with van der Waals surface area (Å²) in [6, 6.07) is 0. The third kappa shape index (κ3) is 4.41. The Labute approximate surface area is 71.8 Å². The Hall–Kier alpha value is -0.0400. The van der Waals surface area contributed by atoms with Gasteiger partial charge in [-0.15, -0.1) is 0 Å². The zero-order chi connectivity index (χ0) is 8.91. The van der Waals surface area contributed by atoms with Gasteiger partial charge < -0.3 is 4.90 Å². The van der Waals surface area contributed by atoms with Crippen molar-refractivity contribution in [3.63, 3.8) is 0 Å². The molecule has 1 heteroatoms. The van der Waals surface area contributed by atoms with Crippen LogP contribution in [0.1, 0.15) is 47.5 Å². The minimum atomic E-state index is 0.434. The lowest BCUT2D eigenvalue weighted by Gasteiger charge is -2.31. The molecular weight excluding hydrogens is 134 g/mol. The molecule has 0 aliphatic carbocycles. The summed E-state index contributed by atoms with van der Waals surface area (Å²) in [4.78, 5) is 1.72. The number of quaternary nitrogens is 1. The minimum absolute atomic E-state index is 0.434. The fourth-order valence-corrected chi connectivity index (χ4v) is 1.47. The van der Waals surface area contributed by atoms with Crippen LogP contribution in [-0.2, 0) is 0 Å². The van der Waals surface area contributed by atoms with Crippen molar-refractivity contribution in [2.45, 2.75) is 53.0 Å². The highest BCUT2D eigenvalue weighted by Crippen LogP contribution is 1.93. The SMILES string of the molecule is CCCC[NH+](CC)C(C)(C)C. The van der Waals surface area contributed by atoms with E-state index in [2.05, 4.69) is 34.6 Å². The predicted octanol–water partition coefficient (Wildman–Crippen LogP) is 1.49. The van der Waals surface area contributed by atoms with E-state index in [0.29, 0.717) is 5.54 Å². The van der Waals surface area contributed by atoms with Crippen LogP contribution in [0.4, 0.5) is 0 Å². The number of nitrogens with one attached hydrogen (secondary N) is 1. The molecule has 0 aliphatic heterocycles. The topological polar surface area (TPSA) is 4.44 Å². The van der Waals surface area contributed by atoms with Gasteiger partial charge in [-0.2, -0.15) is 0 Å². The average Bonchev–Trinajstić information content (AvgIpc) is 1.87. The second-order valence-electron chi connectivity index (χ2n) is 4.31. The zero-order valence-corrected chi connectivity index (χ0v) is 8.83. The molecule has 0 radical (unpaired) electrons. The van der Waals surface area contributed by atoms with Gasteiger partial charge in [0.25, 0.3) is 0 Å². The van der Waals surface area contributed by atoms with Crippen molar-refractivity contribution in [2.75, 3.05) is 13.1 Å². The lowest BCUT2D eigenvalue weighted by atomic mass is 10.1. The molecule has 0 amide bonds. The van der Waals surface area contributed by atoms with Crippen LogP contribution < -0.4 is 4.90 Å². The quantitative estimate of drug-likeness (QED) is 0.632. The molecule has 68 valence electrons. The summed E-state index contributed by atoms with van der Waals surface area (Å²) in [5.74, 6) is 0. The lowest BCUT2D eigenvalue weighted by Crippen LogP contribution is -3.18. The Kier molecular flexibility index (Phi) is 4.74. The molecule has 0 saturated heterocycles. The molecule has 0 aromatic carbocycles. The maximum Gasteiger partial charge on any atom is 0.0891 e. The van der Waals surface area contributed by atoms with Crippen LogP contribution in [-0.4, -0.2) is 18.6 Å². The van der Waals surface area contributed by atoms with Crippen LogP contribution in [0.25, 0.3) is 0 Å². The monoisotopic (exact) mass is 158 g/mol. The van der Waals surface area contributed by atoms with Gasteiger partial charge in [-0.1, -0.05) is 13.3 Å². The molecule has 11 heavy (non-hydrogen) atoms. The maximum atomic E-state index is 2.32. The van der Waals surface area contributed by atoms with Crippen LogP contribution in [0.2, 0.25) is 0 Å². The molecule has 0 heterocycles. The highest BCUT2D eigenvalue weighted by Gasteiger charge is 2.22. The molecule has 1 nitrogen and oxygen atoms in total. The zero-order valence-electron chi connectivity index (χ0n) is 8.83. The van der Waals surface area contributed by atoms with E-state index in [1.54, 1.807) is 4.90 Å². The first-order chi connectivity index (χ1) is 5.02. The molecule has 0 aromatic heterocycles. The normalized spacial score (nSPS) is 15.0. The highest BCUT2D eigenvalue weighted by molar-refractivity contribution is 4.55. The lowest BCUT2D eigenvalue weighted by molar-refractivity contribution is -0.945. The van der Waals surface area contributed by atoms with Gasteiger partial charge in [0.1, 0.15) is 0 Å². The van der Waals surface area contributed by atoms with Crippen LogP contribution in [0, 0.1) is 0 Å². The molecule has 0 fully saturated rings. The summed E-state index contributed by atoms with van der Waals surface area (Å²) >= 11 is 0.